The summed E-state index contributed by atoms with van der Waals surface area (Å²) in [5, 5.41) is 17.5. The number of aromatic nitrogens is 4. The van der Waals surface area contributed by atoms with Crippen LogP contribution in [0.15, 0.2) is 35.4 Å². The summed E-state index contributed by atoms with van der Waals surface area (Å²) >= 11 is 0. The third-order valence-electron chi connectivity index (χ3n) is 5.67. The summed E-state index contributed by atoms with van der Waals surface area (Å²) in [5.41, 5.74) is 7.07. The Morgan fingerprint density at radius 2 is 1.89 bits per heavy atom. The normalized spacial score (nSPS) is 13.5. The number of methoxy groups -OCH3 is 1. The van der Waals surface area contributed by atoms with Gasteiger partial charge in [-0.2, -0.15) is 0 Å². The Kier molecular flexibility index (Phi) is 10.7. The fourth-order valence-electron chi connectivity index (χ4n) is 3.77. The maximum Gasteiger partial charge on any atom is 0.274 e. The minimum atomic E-state index is -0.626. The van der Waals surface area contributed by atoms with E-state index >= 15 is 0 Å². The highest BCUT2D eigenvalue weighted by Crippen LogP contribution is 2.27. The van der Waals surface area contributed by atoms with E-state index in [9.17, 15) is 9.59 Å². The molecule has 0 aromatic carbocycles. The molecule has 1 amide bonds. The summed E-state index contributed by atoms with van der Waals surface area (Å²) in [4.78, 5) is 28.8. The quantitative estimate of drug-likeness (QED) is 0.415. The zero-order valence-electron chi connectivity index (χ0n) is 21.1. The predicted octanol–water partition coefficient (Wildman–Crippen LogP) is 2.93. The first-order valence-electron chi connectivity index (χ1n) is 11.7. The number of nitrogens with one attached hydrogen (secondary N) is 2. The third kappa shape index (κ3) is 7.03. The molecule has 35 heavy (non-hydrogen) atoms. The molecule has 0 radical (unpaired) electrons. The molecule has 3 aromatic rings. The van der Waals surface area contributed by atoms with Gasteiger partial charge in [0.25, 0.3) is 11.5 Å². The fraction of sp³-hybridized carbons (Fsp3) is 0.500. The molecule has 0 spiro atoms. The van der Waals surface area contributed by atoms with Gasteiger partial charge in [-0.15, -0.1) is 5.10 Å². The summed E-state index contributed by atoms with van der Waals surface area (Å²) in [6, 6.07) is 5.57. The fourth-order valence-corrected chi connectivity index (χ4v) is 3.77. The molecular formula is C24H37N7O4. The first-order chi connectivity index (χ1) is 16.8. The molecule has 0 saturated heterocycles. The zero-order valence-corrected chi connectivity index (χ0v) is 21.1. The van der Waals surface area contributed by atoms with Crippen LogP contribution in [0.4, 0.5) is 17.2 Å². The van der Waals surface area contributed by atoms with E-state index in [1.54, 1.807) is 26.3 Å². The second kappa shape index (κ2) is 13.4. The van der Waals surface area contributed by atoms with Crippen LogP contribution in [0.3, 0.4) is 0 Å². The van der Waals surface area contributed by atoms with Crippen LogP contribution in [0.1, 0.15) is 62.5 Å². The number of ether oxygens (including phenoxy) is 1. The van der Waals surface area contributed by atoms with E-state index in [0.717, 1.165) is 32.8 Å². The van der Waals surface area contributed by atoms with Gasteiger partial charge >= 0.3 is 0 Å². The van der Waals surface area contributed by atoms with E-state index in [1.807, 2.05) is 30.7 Å². The molecule has 0 unspecified atom stereocenters. The maximum absolute atomic E-state index is 13.0. The number of imidazole rings is 1. The van der Waals surface area contributed by atoms with Gasteiger partial charge in [0.05, 0.1) is 18.0 Å². The van der Waals surface area contributed by atoms with Gasteiger partial charge in [0.2, 0.25) is 0 Å². The number of hydrogen-bond acceptors (Lipinski definition) is 8. The highest BCUT2D eigenvalue weighted by Gasteiger charge is 2.18. The molecule has 3 heterocycles. The van der Waals surface area contributed by atoms with Crippen molar-refractivity contribution < 1.29 is 14.6 Å². The number of carbonyl (C=O) groups is 1. The van der Waals surface area contributed by atoms with Gasteiger partial charge < -0.3 is 30.8 Å². The van der Waals surface area contributed by atoms with Crippen LogP contribution >= 0.6 is 0 Å². The zero-order chi connectivity index (χ0) is 26.0. The lowest BCUT2D eigenvalue weighted by molar-refractivity contribution is 0.0993. The van der Waals surface area contributed by atoms with Crippen molar-refractivity contribution in [3.63, 3.8) is 0 Å². The van der Waals surface area contributed by atoms with Crippen molar-refractivity contribution >= 4 is 28.7 Å². The number of amides is 1. The molecule has 192 valence electrons. The molecule has 0 aliphatic heterocycles. The van der Waals surface area contributed by atoms with Gasteiger partial charge in [-0.1, -0.05) is 19.3 Å². The van der Waals surface area contributed by atoms with Crippen LogP contribution in [0.2, 0.25) is 0 Å². The van der Waals surface area contributed by atoms with E-state index < -0.39 is 5.91 Å². The van der Waals surface area contributed by atoms with Gasteiger partial charge in [0.15, 0.2) is 11.5 Å². The number of aliphatic hydroxyl groups is 1. The molecule has 1 saturated carbocycles. The van der Waals surface area contributed by atoms with Crippen LogP contribution in [-0.2, 0) is 4.74 Å². The number of pyridine rings is 1. The lowest BCUT2D eigenvalue weighted by Crippen LogP contribution is -2.27. The Balaban J connectivity index is 0.000000551. The minimum Gasteiger partial charge on any atom is -0.400 e. The number of nitrogens with two attached hydrogens (primary N) is 1. The number of fused-ring (bicyclic) bond motifs is 1. The van der Waals surface area contributed by atoms with Crippen molar-refractivity contribution in [2.24, 2.45) is 5.73 Å². The number of rotatable bonds is 6. The SMILES string of the molecule is CNc1cc(Nc2cccn(C3CCCCC3)c2=O)nn2c(C(N)=O)cnc12.CO.COC(C)C. The molecule has 1 aliphatic rings. The van der Waals surface area contributed by atoms with E-state index in [0.29, 0.717) is 28.9 Å². The molecule has 11 nitrogen and oxygen atoms in total. The number of carbonyl (C=O) groups excluding carboxylic acids is 1. The Morgan fingerprint density at radius 3 is 2.46 bits per heavy atom. The van der Waals surface area contributed by atoms with Crippen LogP contribution in [0.25, 0.3) is 5.65 Å². The molecule has 11 heteroatoms. The van der Waals surface area contributed by atoms with Crippen molar-refractivity contribution in [2.75, 3.05) is 31.9 Å². The number of hydrogen-bond donors (Lipinski definition) is 4. The summed E-state index contributed by atoms with van der Waals surface area (Å²) in [6.07, 6.45) is 9.18. The Bertz CT molecular complexity index is 1150. The average molecular weight is 488 g/mol. The summed E-state index contributed by atoms with van der Waals surface area (Å²) in [6.45, 7) is 4.00. The Hall–Kier alpha value is -3.44. The Labute approximate surface area is 205 Å². The number of anilines is 3. The van der Waals surface area contributed by atoms with Crippen molar-refractivity contribution in [1.29, 1.82) is 0 Å². The van der Waals surface area contributed by atoms with Crippen molar-refractivity contribution in [3.05, 3.63) is 46.6 Å². The second-order valence-corrected chi connectivity index (χ2v) is 8.27. The molecular weight excluding hydrogens is 450 g/mol. The van der Waals surface area contributed by atoms with Crippen molar-refractivity contribution in [1.82, 2.24) is 19.2 Å². The summed E-state index contributed by atoms with van der Waals surface area (Å²) in [7, 11) is 4.45. The standard InChI is InChI=1S/C19H23N7O2.C4H10O.CH4O/c1-21-14-10-16(24-26-15(17(20)27)11-22-18(14)26)23-13-8-5-9-25(19(13)28)12-6-3-2-4-7-12;1-4(2)5-3;1-2/h5,8-12,21H,2-4,6-7H2,1H3,(H2,20,27)(H,23,24);4H,1-3H3;2H,1H3. The smallest absolute Gasteiger partial charge is 0.274 e. The third-order valence-corrected chi connectivity index (χ3v) is 5.67. The first-order valence-corrected chi connectivity index (χ1v) is 11.7. The molecule has 1 fully saturated rings. The second-order valence-electron chi connectivity index (χ2n) is 8.27. The highest BCUT2D eigenvalue weighted by molar-refractivity contribution is 5.92. The minimum absolute atomic E-state index is 0.0805. The van der Waals surface area contributed by atoms with Gasteiger partial charge in [-0.25, -0.2) is 9.50 Å². The molecule has 3 aromatic heterocycles. The highest BCUT2D eigenvalue weighted by atomic mass is 16.5. The predicted molar refractivity (Wildman–Crippen MR) is 137 cm³/mol. The van der Waals surface area contributed by atoms with Gasteiger partial charge in [0.1, 0.15) is 11.4 Å². The molecule has 0 bridgehead atoms. The van der Waals surface area contributed by atoms with Gasteiger partial charge in [0, 0.05) is 39.6 Å². The van der Waals surface area contributed by atoms with E-state index in [2.05, 4.69) is 20.7 Å². The average Bonchev–Trinajstić information content (AvgIpc) is 3.31. The largest absolute Gasteiger partial charge is 0.400 e. The number of aliphatic hydroxyl groups excluding tert-OH is 1. The van der Waals surface area contributed by atoms with E-state index in [1.165, 1.54) is 17.1 Å². The summed E-state index contributed by atoms with van der Waals surface area (Å²) < 4.78 is 7.93. The van der Waals surface area contributed by atoms with Crippen LogP contribution in [0, 0.1) is 0 Å². The maximum atomic E-state index is 13.0. The van der Waals surface area contributed by atoms with Crippen molar-refractivity contribution in [2.45, 2.75) is 58.1 Å². The molecule has 5 N–H and O–H groups in total. The number of nitrogens with zero attached hydrogens (tertiary/aromatic N) is 4. The first kappa shape index (κ1) is 27.8. The monoisotopic (exact) mass is 487 g/mol. The van der Waals surface area contributed by atoms with Crippen molar-refractivity contribution in [3.8, 4) is 0 Å². The lowest BCUT2D eigenvalue weighted by Gasteiger charge is -2.24. The Morgan fingerprint density at radius 1 is 1.23 bits per heavy atom. The number of primary amides is 1. The van der Waals surface area contributed by atoms with Crippen LogP contribution < -0.4 is 21.9 Å². The van der Waals surface area contributed by atoms with Gasteiger partial charge in [-0.3, -0.25) is 9.59 Å². The molecule has 4 rings (SSSR count). The van der Waals surface area contributed by atoms with E-state index in [4.69, 9.17) is 15.6 Å². The van der Waals surface area contributed by atoms with E-state index in [-0.39, 0.29) is 17.3 Å². The summed E-state index contributed by atoms with van der Waals surface area (Å²) in [5.74, 6) is -0.214. The molecule has 1 aliphatic carbocycles. The van der Waals surface area contributed by atoms with Gasteiger partial charge in [-0.05, 0) is 38.8 Å². The topological polar surface area (TPSA) is 149 Å². The lowest BCUT2D eigenvalue weighted by atomic mass is 9.95. The van der Waals surface area contributed by atoms with Crippen LogP contribution in [-0.4, -0.2) is 57.6 Å². The van der Waals surface area contributed by atoms with Crippen LogP contribution in [0.5, 0.6) is 0 Å². The molecule has 0 atom stereocenters.